The van der Waals surface area contributed by atoms with Crippen LogP contribution in [0, 0.1) is 0 Å². The summed E-state index contributed by atoms with van der Waals surface area (Å²) in [6.07, 6.45) is 0.687. The van der Waals surface area contributed by atoms with Crippen molar-refractivity contribution in [2.75, 3.05) is 33.3 Å². The molecule has 0 bridgehead atoms. The highest BCUT2D eigenvalue weighted by Gasteiger charge is 2.30. The molecule has 2 aliphatic heterocycles. The Morgan fingerprint density at radius 1 is 0.879 bits per heavy atom. The van der Waals surface area contributed by atoms with Crippen LogP contribution in [0.5, 0.6) is 17.2 Å². The molecule has 0 aromatic heterocycles. The fraction of sp³-hybridized carbons (Fsp3) is 0.240. The molecule has 33 heavy (non-hydrogen) atoms. The molecule has 0 amide bonds. The number of amidine groups is 1. The highest BCUT2D eigenvalue weighted by molar-refractivity contribution is 7.89. The van der Waals surface area contributed by atoms with Crippen LogP contribution in [0.4, 0.5) is 5.69 Å². The largest absolute Gasteiger partial charge is 0.493 e. The first-order valence-corrected chi connectivity index (χ1v) is 12.3. The summed E-state index contributed by atoms with van der Waals surface area (Å²) in [6, 6.07) is 22.0. The first-order valence-electron chi connectivity index (χ1n) is 10.9. The first kappa shape index (κ1) is 21.5. The molecule has 170 valence electrons. The van der Waals surface area contributed by atoms with Gasteiger partial charge >= 0.3 is 0 Å². The van der Waals surface area contributed by atoms with E-state index >= 15 is 0 Å². The molecule has 7 nitrogen and oxygen atoms in total. The Labute approximate surface area is 193 Å². The van der Waals surface area contributed by atoms with E-state index in [-0.39, 0.29) is 0 Å². The van der Waals surface area contributed by atoms with E-state index in [0.717, 1.165) is 17.1 Å². The second kappa shape index (κ2) is 8.88. The Balaban J connectivity index is 1.50. The number of ether oxygens (including phenoxy) is 2. The third-order valence-electron chi connectivity index (χ3n) is 5.88. The molecule has 1 fully saturated rings. The fourth-order valence-electron chi connectivity index (χ4n) is 4.21. The van der Waals surface area contributed by atoms with E-state index in [1.165, 1.54) is 0 Å². The molecule has 5 rings (SSSR count). The fourth-order valence-corrected chi connectivity index (χ4v) is 5.70. The van der Waals surface area contributed by atoms with Crippen molar-refractivity contribution < 1.29 is 17.9 Å². The SMILES string of the molecule is COc1cccc2c1Oc1ccccc1N=C2N1CCCN(S(=O)(=O)c2ccccc2)CC1. The molecular formula is C25H25N3O4S. The van der Waals surface area contributed by atoms with Gasteiger partial charge in [-0.2, -0.15) is 4.31 Å². The summed E-state index contributed by atoms with van der Waals surface area (Å²) in [5, 5.41) is 0. The third kappa shape index (κ3) is 4.07. The summed E-state index contributed by atoms with van der Waals surface area (Å²) in [4.78, 5) is 7.43. The number of sulfonamides is 1. The van der Waals surface area contributed by atoms with Gasteiger partial charge in [0.15, 0.2) is 17.2 Å². The number of methoxy groups -OCH3 is 1. The average molecular weight is 464 g/mol. The standard InChI is InChI=1S/C25H25N3O4S/c1-31-23-14-7-11-20-24(23)32-22-13-6-5-12-21(22)26-25(20)27-15-8-16-28(18-17-27)33(29,30)19-9-3-2-4-10-19/h2-7,9-14H,8,15-18H2,1H3. The van der Waals surface area contributed by atoms with Crippen LogP contribution >= 0.6 is 0 Å². The van der Waals surface area contributed by atoms with Crippen molar-refractivity contribution in [2.24, 2.45) is 4.99 Å². The number of fused-ring (bicyclic) bond motifs is 2. The van der Waals surface area contributed by atoms with Gasteiger partial charge in [0.2, 0.25) is 10.0 Å². The van der Waals surface area contributed by atoms with Crippen molar-refractivity contribution in [3.63, 3.8) is 0 Å². The van der Waals surface area contributed by atoms with Crippen LogP contribution in [0.3, 0.4) is 0 Å². The smallest absolute Gasteiger partial charge is 0.243 e. The van der Waals surface area contributed by atoms with Gasteiger partial charge in [-0.05, 0) is 42.8 Å². The van der Waals surface area contributed by atoms with Gasteiger partial charge in [0, 0.05) is 26.2 Å². The van der Waals surface area contributed by atoms with E-state index < -0.39 is 10.0 Å². The van der Waals surface area contributed by atoms with Crippen LogP contribution in [-0.2, 0) is 10.0 Å². The van der Waals surface area contributed by atoms with Gasteiger partial charge in [0.25, 0.3) is 0 Å². The molecule has 2 heterocycles. The predicted octanol–water partition coefficient (Wildman–Crippen LogP) is 4.28. The van der Waals surface area contributed by atoms with Crippen LogP contribution in [-0.4, -0.2) is 56.7 Å². The van der Waals surface area contributed by atoms with E-state index in [9.17, 15) is 8.42 Å². The van der Waals surface area contributed by atoms with E-state index in [1.54, 1.807) is 35.7 Å². The third-order valence-corrected chi connectivity index (χ3v) is 7.79. The topological polar surface area (TPSA) is 71.4 Å². The Kier molecular flexibility index (Phi) is 5.78. The molecule has 0 N–H and O–H groups in total. The lowest BCUT2D eigenvalue weighted by molar-refractivity contribution is 0.378. The predicted molar refractivity (Wildman–Crippen MR) is 127 cm³/mol. The van der Waals surface area contributed by atoms with Gasteiger partial charge in [0.1, 0.15) is 11.5 Å². The van der Waals surface area contributed by atoms with Crippen molar-refractivity contribution in [3.8, 4) is 17.2 Å². The van der Waals surface area contributed by atoms with E-state index in [0.29, 0.717) is 54.7 Å². The van der Waals surface area contributed by atoms with Gasteiger partial charge in [-0.25, -0.2) is 13.4 Å². The van der Waals surface area contributed by atoms with E-state index in [1.807, 2.05) is 48.5 Å². The summed E-state index contributed by atoms with van der Waals surface area (Å²) in [6.45, 7) is 2.03. The molecule has 0 saturated carbocycles. The zero-order chi connectivity index (χ0) is 22.8. The molecule has 0 radical (unpaired) electrons. The van der Waals surface area contributed by atoms with Crippen LogP contribution in [0.25, 0.3) is 0 Å². The van der Waals surface area contributed by atoms with Crippen LogP contribution in [0.1, 0.15) is 12.0 Å². The van der Waals surface area contributed by atoms with Crippen LogP contribution in [0.15, 0.2) is 82.7 Å². The molecule has 0 aliphatic carbocycles. The maximum absolute atomic E-state index is 13.2. The molecule has 0 unspecified atom stereocenters. The highest BCUT2D eigenvalue weighted by atomic mass is 32.2. The number of nitrogens with zero attached hydrogens (tertiary/aromatic N) is 3. The first-order chi connectivity index (χ1) is 16.1. The van der Waals surface area contributed by atoms with Gasteiger partial charge in [0.05, 0.1) is 17.6 Å². The number of hydrogen-bond acceptors (Lipinski definition) is 6. The lowest BCUT2D eigenvalue weighted by Crippen LogP contribution is -2.37. The Hall–Kier alpha value is -3.36. The number of para-hydroxylation sites is 3. The van der Waals surface area contributed by atoms with Crippen molar-refractivity contribution in [2.45, 2.75) is 11.3 Å². The average Bonchev–Trinajstić information content (AvgIpc) is 3.20. The number of aliphatic imine (C=N–C) groups is 1. The molecule has 8 heteroatoms. The normalized spacial score (nSPS) is 16.5. The summed E-state index contributed by atoms with van der Waals surface area (Å²) in [5.74, 6) is 2.65. The summed E-state index contributed by atoms with van der Waals surface area (Å²) in [5.41, 5.74) is 1.55. The maximum Gasteiger partial charge on any atom is 0.243 e. The van der Waals surface area contributed by atoms with E-state index in [4.69, 9.17) is 14.5 Å². The zero-order valence-electron chi connectivity index (χ0n) is 18.3. The number of benzene rings is 3. The minimum absolute atomic E-state index is 0.322. The quantitative estimate of drug-likeness (QED) is 0.580. The minimum Gasteiger partial charge on any atom is -0.493 e. The summed E-state index contributed by atoms with van der Waals surface area (Å²) in [7, 11) is -1.93. The second-order valence-electron chi connectivity index (χ2n) is 7.90. The summed E-state index contributed by atoms with van der Waals surface area (Å²) >= 11 is 0. The van der Waals surface area contributed by atoms with E-state index in [2.05, 4.69) is 4.90 Å². The van der Waals surface area contributed by atoms with Gasteiger partial charge in [-0.1, -0.05) is 36.4 Å². The molecule has 3 aromatic rings. The monoisotopic (exact) mass is 463 g/mol. The lowest BCUT2D eigenvalue weighted by Gasteiger charge is -2.25. The van der Waals surface area contributed by atoms with Crippen LogP contribution in [0.2, 0.25) is 0 Å². The number of hydrogen-bond donors (Lipinski definition) is 0. The van der Waals surface area contributed by atoms with Crippen LogP contribution < -0.4 is 9.47 Å². The Bertz CT molecular complexity index is 1290. The van der Waals surface area contributed by atoms with Crippen molar-refractivity contribution in [1.82, 2.24) is 9.21 Å². The van der Waals surface area contributed by atoms with Gasteiger partial charge < -0.3 is 14.4 Å². The summed E-state index contributed by atoms with van der Waals surface area (Å²) < 4.78 is 39.7. The zero-order valence-corrected chi connectivity index (χ0v) is 19.2. The number of rotatable bonds is 3. The minimum atomic E-state index is -3.54. The molecular weight excluding hydrogens is 438 g/mol. The molecule has 3 aromatic carbocycles. The van der Waals surface area contributed by atoms with Crippen molar-refractivity contribution in [1.29, 1.82) is 0 Å². The van der Waals surface area contributed by atoms with Crippen molar-refractivity contribution >= 4 is 21.5 Å². The van der Waals surface area contributed by atoms with Gasteiger partial charge in [-0.15, -0.1) is 0 Å². The molecule has 2 aliphatic rings. The molecule has 0 atom stereocenters. The highest BCUT2D eigenvalue weighted by Crippen LogP contribution is 2.42. The Morgan fingerprint density at radius 2 is 1.67 bits per heavy atom. The lowest BCUT2D eigenvalue weighted by atomic mass is 10.1. The van der Waals surface area contributed by atoms with Gasteiger partial charge in [-0.3, -0.25) is 0 Å². The maximum atomic E-state index is 13.2. The van der Waals surface area contributed by atoms with Crippen molar-refractivity contribution in [3.05, 3.63) is 78.4 Å². The Morgan fingerprint density at radius 3 is 2.48 bits per heavy atom. The molecule has 0 spiro atoms. The molecule has 1 saturated heterocycles. The second-order valence-corrected chi connectivity index (χ2v) is 9.84.